The van der Waals surface area contributed by atoms with E-state index in [-0.39, 0.29) is 24.0 Å². The number of carbonyl (C=O) groups excluding carboxylic acids is 2. The van der Waals surface area contributed by atoms with Gasteiger partial charge in [-0.3, -0.25) is 4.79 Å². The van der Waals surface area contributed by atoms with Gasteiger partial charge in [0.25, 0.3) is 0 Å². The molecule has 28 heavy (non-hydrogen) atoms. The first-order chi connectivity index (χ1) is 13.4. The Labute approximate surface area is 167 Å². The second-order valence-corrected chi connectivity index (χ2v) is 7.72. The fourth-order valence-corrected chi connectivity index (χ4v) is 3.50. The summed E-state index contributed by atoms with van der Waals surface area (Å²) in [4.78, 5) is 26.5. The Morgan fingerprint density at radius 3 is 2.61 bits per heavy atom. The number of benzene rings is 2. The number of carbonyl (C=O) groups is 2. The lowest BCUT2D eigenvalue weighted by atomic mass is 10.1. The van der Waals surface area contributed by atoms with Gasteiger partial charge in [0.1, 0.15) is 0 Å². The van der Waals surface area contributed by atoms with Crippen LogP contribution in [0.1, 0.15) is 36.5 Å². The van der Waals surface area contributed by atoms with E-state index in [1.165, 1.54) is 11.1 Å². The Kier molecular flexibility index (Phi) is 6.34. The predicted octanol–water partition coefficient (Wildman–Crippen LogP) is 3.73. The number of anilines is 1. The van der Waals surface area contributed by atoms with Gasteiger partial charge < -0.3 is 15.5 Å². The molecule has 1 heterocycles. The molecule has 3 amide bonds. The van der Waals surface area contributed by atoms with Crippen molar-refractivity contribution in [2.75, 3.05) is 11.4 Å². The van der Waals surface area contributed by atoms with E-state index in [9.17, 15) is 9.59 Å². The largest absolute Gasteiger partial charge is 0.336 e. The van der Waals surface area contributed by atoms with Crippen LogP contribution >= 0.6 is 0 Å². The average molecular weight is 380 g/mol. The lowest BCUT2D eigenvalue weighted by molar-refractivity contribution is -0.117. The Morgan fingerprint density at radius 1 is 1.14 bits per heavy atom. The van der Waals surface area contributed by atoms with Crippen LogP contribution in [-0.4, -0.2) is 30.6 Å². The third kappa shape index (κ3) is 5.12. The Morgan fingerprint density at radius 2 is 1.89 bits per heavy atom. The first kappa shape index (κ1) is 19.9. The van der Waals surface area contributed by atoms with Crippen LogP contribution in [0.15, 0.2) is 48.5 Å². The molecule has 0 bridgehead atoms. The molecule has 2 aromatic rings. The quantitative estimate of drug-likeness (QED) is 0.803. The van der Waals surface area contributed by atoms with E-state index in [0.29, 0.717) is 13.0 Å². The zero-order chi connectivity index (χ0) is 20.1. The van der Waals surface area contributed by atoms with Gasteiger partial charge in [0, 0.05) is 24.7 Å². The van der Waals surface area contributed by atoms with Gasteiger partial charge in [-0.15, -0.1) is 0 Å². The van der Waals surface area contributed by atoms with Crippen LogP contribution in [0.5, 0.6) is 0 Å². The molecule has 0 unspecified atom stereocenters. The highest BCUT2D eigenvalue weighted by molar-refractivity contribution is 5.96. The van der Waals surface area contributed by atoms with E-state index in [1.807, 2.05) is 50.2 Å². The third-order valence-electron chi connectivity index (χ3n) is 5.35. The van der Waals surface area contributed by atoms with Crippen LogP contribution in [0.25, 0.3) is 0 Å². The van der Waals surface area contributed by atoms with E-state index in [2.05, 4.69) is 29.7 Å². The lowest BCUT2D eigenvalue weighted by Gasteiger charge is -2.19. The molecule has 148 valence electrons. The molecule has 5 heteroatoms. The summed E-state index contributed by atoms with van der Waals surface area (Å²) < 4.78 is 0. The molecule has 0 aromatic heterocycles. The highest BCUT2D eigenvalue weighted by Gasteiger charge is 2.31. The number of aryl methyl sites for hydroxylation is 3. The summed E-state index contributed by atoms with van der Waals surface area (Å²) in [6.07, 6.45) is 2.12. The molecule has 1 aliphatic rings. The minimum Gasteiger partial charge on any atom is -0.336 e. The van der Waals surface area contributed by atoms with Gasteiger partial charge in [-0.1, -0.05) is 36.4 Å². The SMILES string of the molecule is Cc1ccc(N2C[C@@H](NC(=O)N[C@@H](C)CCc3ccccc3)CC2=O)cc1C. The molecule has 2 atom stereocenters. The van der Waals surface area contributed by atoms with Crippen molar-refractivity contribution in [3.05, 3.63) is 65.2 Å². The number of hydrogen-bond acceptors (Lipinski definition) is 2. The molecule has 2 aromatic carbocycles. The van der Waals surface area contributed by atoms with E-state index < -0.39 is 0 Å². The summed E-state index contributed by atoms with van der Waals surface area (Å²) in [6, 6.07) is 16.0. The molecular weight excluding hydrogens is 350 g/mol. The predicted molar refractivity (Wildman–Crippen MR) is 113 cm³/mol. The summed E-state index contributed by atoms with van der Waals surface area (Å²) in [5.41, 5.74) is 4.52. The average Bonchev–Trinajstić information content (AvgIpc) is 3.03. The molecule has 0 saturated carbocycles. The molecule has 1 aliphatic heterocycles. The van der Waals surface area contributed by atoms with Crippen LogP contribution in [0, 0.1) is 13.8 Å². The van der Waals surface area contributed by atoms with E-state index >= 15 is 0 Å². The number of rotatable bonds is 6. The molecule has 5 nitrogen and oxygen atoms in total. The van der Waals surface area contributed by atoms with Gasteiger partial charge in [-0.2, -0.15) is 0 Å². The van der Waals surface area contributed by atoms with Crippen molar-refractivity contribution in [3.63, 3.8) is 0 Å². The number of urea groups is 1. The maximum absolute atomic E-state index is 12.4. The van der Waals surface area contributed by atoms with E-state index in [4.69, 9.17) is 0 Å². The highest BCUT2D eigenvalue weighted by atomic mass is 16.2. The number of hydrogen-bond donors (Lipinski definition) is 2. The Bertz CT molecular complexity index is 835. The number of nitrogens with zero attached hydrogens (tertiary/aromatic N) is 1. The van der Waals surface area contributed by atoms with E-state index in [1.54, 1.807) is 4.90 Å². The molecule has 0 radical (unpaired) electrons. The zero-order valence-electron chi connectivity index (χ0n) is 16.9. The maximum atomic E-state index is 12.4. The topological polar surface area (TPSA) is 61.4 Å². The van der Waals surface area contributed by atoms with Gasteiger partial charge in [0.2, 0.25) is 5.91 Å². The van der Waals surface area contributed by atoms with Crippen LogP contribution in [0.2, 0.25) is 0 Å². The van der Waals surface area contributed by atoms with Crippen molar-refractivity contribution in [2.45, 2.75) is 52.1 Å². The summed E-state index contributed by atoms with van der Waals surface area (Å²) in [7, 11) is 0. The van der Waals surface area contributed by atoms with E-state index in [0.717, 1.165) is 24.1 Å². The molecule has 0 spiro atoms. The summed E-state index contributed by atoms with van der Waals surface area (Å²) in [5, 5.41) is 5.93. The summed E-state index contributed by atoms with van der Waals surface area (Å²) >= 11 is 0. The minimum absolute atomic E-state index is 0.0469. The zero-order valence-corrected chi connectivity index (χ0v) is 16.9. The van der Waals surface area contributed by atoms with Gasteiger partial charge in [-0.05, 0) is 62.4 Å². The summed E-state index contributed by atoms with van der Waals surface area (Å²) in [5.74, 6) is 0.0469. The maximum Gasteiger partial charge on any atom is 0.315 e. The van der Waals surface area contributed by atoms with Crippen LogP contribution < -0.4 is 15.5 Å². The molecule has 0 aliphatic carbocycles. The second-order valence-electron chi connectivity index (χ2n) is 7.72. The lowest BCUT2D eigenvalue weighted by Crippen LogP contribution is -2.46. The number of amides is 3. The van der Waals surface area contributed by atoms with Crippen molar-refractivity contribution in [2.24, 2.45) is 0 Å². The van der Waals surface area contributed by atoms with Crippen molar-refractivity contribution in [1.29, 1.82) is 0 Å². The van der Waals surface area contributed by atoms with Crippen molar-refractivity contribution >= 4 is 17.6 Å². The molecule has 2 N–H and O–H groups in total. The molecule has 1 saturated heterocycles. The van der Waals surface area contributed by atoms with Gasteiger partial charge in [-0.25, -0.2) is 4.79 Å². The fourth-order valence-electron chi connectivity index (χ4n) is 3.50. The van der Waals surface area contributed by atoms with Crippen LogP contribution in [0.4, 0.5) is 10.5 Å². The Hall–Kier alpha value is -2.82. The third-order valence-corrected chi connectivity index (χ3v) is 5.35. The van der Waals surface area contributed by atoms with Gasteiger partial charge >= 0.3 is 6.03 Å². The molecular formula is C23H29N3O2. The summed E-state index contributed by atoms with van der Waals surface area (Å²) in [6.45, 7) is 6.61. The van der Waals surface area contributed by atoms with Crippen molar-refractivity contribution in [1.82, 2.24) is 10.6 Å². The van der Waals surface area contributed by atoms with Crippen molar-refractivity contribution < 1.29 is 9.59 Å². The second kappa shape index (κ2) is 8.91. The van der Waals surface area contributed by atoms with Gasteiger partial charge in [0.05, 0.1) is 6.04 Å². The van der Waals surface area contributed by atoms with Crippen molar-refractivity contribution in [3.8, 4) is 0 Å². The smallest absolute Gasteiger partial charge is 0.315 e. The highest BCUT2D eigenvalue weighted by Crippen LogP contribution is 2.24. The van der Waals surface area contributed by atoms with Gasteiger partial charge in [0.15, 0.2) is 0 Å². The molecule has 3 rings (SSSR count). The first-order valence-electron chi connectivity index (χ1n) is 9.91. The number of nitrogens with one attached hydrogen (secondary N) is 2. The first-order valence-corrected chi connectivity index (χ1v) is 9.91. The minimum atomic E-state index is -0.208. The fraction of sp³-hybridized carbons (Fsp3) is 0.391. The standard InChI is InChI=1S/C23H29N3O2/c1-16-9-12-21(13-17(16)2)26-15-20(14-22(26)27)25-23(28)24-18(3)10-11-19-7-5-4-6-8-19/h4-9,12-13,18,20H,10-11,14-15H2,1-3H3,(H2,24,25,28)/t18-,20-/m0/s1. The van der Waals surface area contributed by atoms with Crippen LogP contribution in [0.3, 0.4) is 0 Å². The van der Waals surface area contributed by atoms with Crippen LogP contribution in [-0.2, 0) is 11.2 Å². The monoisotopic (exact) mass is 379 g/mol. The Balaban J connectivity index is 1.48. The molecule has 1 fully saturated rings. The normalized spacial score (nSPS) is 17.5.